The van der Waals surface area contributed by atoms with Crippen LogP contribution in [-0.4, -0.2) is 32.6 Å². The summed E-state index contributed by atoms with van der Waals surface area (Å²) in [5.41, 5.74) is 1.04. The minimum Gasteiger partial charge on any atom is -0.504 e. The van der Waals surface area contributed by atoms with Gasteiger partial charge in [-0.25, -0.2) is 0 Å². The highest BCUT2D eigenvalue weighted by atomic mass is 31.1. The Morgan fingerprint density at radius 2 is 1.86 bits per heavy atom. The maximum atomic E-state index is 10.3. The molecule has 0 saturated heterocycles. The van der Waals surface area contributed by atoms with Gasteiger partial charge in [0.2, 0.25) is 0 Å². The number of phenols is 1. The lowest BCUT2D eigenvalue weighted by Crippen LogP contribution is -2.10. The Morgan fingerprint density at radius 3 is 2.52 bits per heavy atom. The Labute approximate surface area is 126 Å². The molecule has 0 aliphatic rings. The fourth-order valence-corrected chi connectivity index (χ4v) is 3.18. The number of benzene rings is 2. The SMILES string of the molecule is C/N=C/c1ccccc1Pc1cc(OC)cc(OC)c1O. The van der Waals surface area contributed by atoms with E-state index >= 15 is 0 Å². The molecule has 0 amide bonds. The Hall–Kier alpha value is -2.06. The molecule has 4 nitrogen and oxygen atoms in total. The number of methoxy groups -OCH3 is 2. The minimum absolute atomic E-state index is 0.153. The van der Waals surface area contributed by atoms with Crippen molar-refractivity contribution in [2.75, 3.05) is 21.3 Å². The van der Waals surface area contributed by atoms with Gasteiger partial charge in [-0.1, -0.05) is 32.8 Å². The van der Waals surface area contributed by atoms with Crippen LogP contribution in [0.5, 0.6) is 17.2 Å². The molecule has 0 heterocycles. The van der Waals surface area contributed by atoms with E-state index < -0.39 is 0 Å². The quantitative estimate of drug-likeness (QED) is 0.680. The van der Waals surface area contributed by atoms with Gasteiger partial charge in [0.05, 0.1) is 14.2 Å². The van der Waals surface area contributed by atoms with E-state index in [0.29, 0.717) is 11.5 Å². The van der Waals surface area contributed by atoms with Gasteiger partial charge in [-0.05, 0) is 16.9 Å². The molecule has 5 heteroatoms. The third-order valence-corrected chi connectivity index (χ3v) is 4.38. The molecule has 1 unspecified atom stereocenters. The number of phenolic OH excluding ortho intramolecular Hbond substituents is 1. The summed E-state index contributed by atoms with van der Waals surface area (Å²) in [6, 6.07) is 11.5. The van der Waals surface area contributed by atoms with Gasteiger partial charge < -0.3 is 14.6 Å². The topological polar surface area (TPSA) is 51.0 Å². The number of ether oxygens (including phenoxy) is 2. The molecule has 0 aliphatic heterocycles. The van der Waals surface area contributed by atoms with E-state index in [1.807, 2.05) is 36.5 Å². The lowest BCUT2D eigenvalue weighted by molar-refractivity contribution is 0.366. The predicted octanol–water partition coefficient (Wildman–Crippen LogP) is 2.09. The van der Waals surface area contributed by atoms with Crippen LogP contribution >= 0.6 is 8.58 Å². The van der Waals surface area contributed by atoms with E-state index in [2.05, 4.69) is 4.99 Å². The largest absolute Gasteiger partial charge is 0.504 e. The first-order valence-corrected chi connectivity index (χ1v) is 7.42. The molecule has 0 spiro atoms. The van der Waals surface area contributed by atoms with E-state index in [0.717, 1.165) is 16.2 Å². The summed E-state index contributed by atoms with van der Waals surface area (Å²) in [7, 11) is 5.14. The molecule has 0 radical (unpaired) electrons. The average molecular weight is 303 g/mol. The number of hydrogen-bond donors (Lipinski definition) is 1. The smallest absolute Gasteiger partial charge is 0.165 e. The van der Waals surface area contributed by atoms with Gasteiger partial charge >= 0.3 is 0 Å². The Bertz CT molecular complexity index is 656. The fourth-order valence-electron chi connectivity index (χ4n) is 1.96. The number of hydrogen-bond acceptors (Lipinski definition) is 4. The van der Waals surface area contributed by atoms with E-state index in [9.17, 15) is 5.11 Å². The number of aliphatic imine (C=N–C) groups is 1. The highest BCUT2D eigenvalue weighted by molar-refractivity contribution is 7.56. The van der Waals surface area contributed by atoms with Crippen LogP contribution in [0.3, 0.4) is 0 Å². The summed E-state index contributed by atoms with van der Waals surface area (Å²) in [4.78, 5) is 4.07. The maximum Gasteiger partial charge on any atom is 0.165 e. The zero-order valence-corrected chi connectivity index (χ0v) is 13.3. The van der Waals surface area contributed by atoms with Gasteiger partial charge in [-0.2, -0.15) is 0 Å². The number of rotatable bonds is 5. The molecule has 0 bridgehead atoms. The molecule has 1 N–H and O–H groups in total. The molecule has 2 aromatic rings. The zero-order valence-electron chi connectivity index (χ0n) is 12.3. The molecular formula is C16H18NO3P. The van der Waals surface area contributed by atoms with E-state index in [4.69, 9.17) is 9.47 Å². The van der Waals surface area contributed by atoms with Crippen LogP contribution in [0.1, 0.15) is 5.56 Å². The highest BCUT2D eigenvalue weighted by Gasteiger charge is 2.13. The van der Waals surface area contributed by atoms with Gasteiger partial charge in [0.25, 0.3) is 0 Å². The monoisotopic (exact) mass is 303 g/mol. The van der Waals surface area contributed by atoms with Gasteiger partial charge in [-0.15, -0.1) is 0 Å². The Morgan fingerprint density at radius 1 is 1.10 bits per heavy atom. The molecule has 1 atom stereocenters. The van der Waals surface area contributed by atoms with E-state index in [1.165, 1.54) is 7.11 Å². The van der Waals surface area contributed by atoms with E-state index in [1.54, 1.807) is 20.2 Å². The van der Waals surface area contributed by atoms with Crippen molar-refractivity contribution in [2.45, 2.75) is 0 Å². The van der Waals surface area contributed by atoms with Gasteiger partial charge in [-0.3, -0.25) is 4.99 Å². The normalized spacial score (nSPS) is 11.4. The van der Waals surface area contributed by atoms with Crippen molar-refractivity contribution in [1.29, 1.82) is 0 Å². The summed E-state index contributed by atoms with van der Waals surface area (Å²) in [5, 5.41) is 12.2. The van der Waals surface area contributed by atoms with Crippen LogP contribution < -0.4 is 20.1 Å². The van der Waals surface area contributed by atoms with Crippen molar-refractivity contribution < 1.29 is 14.6 Å². The van der Waals surface area contributed by atoms with Crippen LogP contribution in [0.15, 0.2) is 41.4 Å². The molecule has 2 rings (SSSR count). The molecule has 0 fully saturated rings. The summed E-state index contributed by atoms with van der Waals surface area (Å²) in [6.07, 6.45) is 1.82. The van der Waals surface area contributed by atoms with Gasteiger partial charge in [0.15, 0.2) is 11.5 Å². The molecule has 0 saturated carbocycles. The van der Waals surface area contributed by atoms with Crippen LogP contribution in [-0.2, 0) is 0 Å². The fraction of sp³-hybridized carbons (Fsp3) is 0.188. The second-order valence-corrected chi connectivity index (χ2v) is 5.65. The average Bonchev–Trinajstić information content (AvgIpc) is 2.51. The number of nitrogens with zero attached hydrogens (tertiary/aromatic N) is 1. The van der Waals surface area contributed by atoms with E-state index in [-0.39, 0.29) is 14.3 Å². The summed E-state index contributed by atoms with van der Waals surface area (Å²) >= 11 is 0. The highest BCUT2D eigenvalue weighted by Crippen LogP contribution is 2.33. The predicted molar refractivity (Wildman–Crippen MR) is 88.8 cm³/mol. The van der Waals surface area contributed by atoms with Crippen molar-refractivity contribution >= 4 is 25.4 Å². The standard InChI is InChI=1S/C16H18NO3P/c1-17-10-11-6-4-5-7-14(11)21-15-9-12(19-2)8-13(20-3)16(15)18/h4-10,18,21H,1-3H3/b17-10+. The molecule has 21 heavy (non-hydrogen) atoms. The van der Waals surface area contributed by atoms with Crippen molar-refractivity contribution in [3.05, 3.63) is 42.0 Å². The zero-order chi connectivity index (χ0) is 15.2. The van der Waals surface area contributed by atoms with Crippen LogP contribution in [0.2, 0.25) is 0 Å². The van der Waals surface area contributed by atoms with Crippen molar-refractivity contribution in [3.8, 4) is 17.2 Å². The second-order valence-electron chi connectivity index (χ2n) is 4.33. The molecule has 110 valence electrons. The van der Waals surface area contributed by atoms with Gasteiger partial charge in [0.1, 0.15) is 5.75 Å². The first kappa shape index (κ1) is 15.3. The number of aromatic hydroxyl groups is 1. The maximum absolute atomic E-state index is 10.3. The van der Waals surface area contributed by atoms with Gasteiger partial charge in [0, 0.05) is 24.6 Å². The van der Waals surface area contributed by atoms with Crippen molar-refractivity contribution in [1.82, 2.24) is 0 Å². The lowest BCUT2D eigenvalue weighted by atomic mass is 10.2. The summed E-state index contributed by atoms with van der Waals surface area (Å²) in [5.74, 6) is 1.23. The first-order valence-electron chi connectivity index (χ1n) is 6.42. The summed E-state index contributed by atoms with van der Waals surface area (Å²) < 4.78 is 10.4. The Kier molecular flexibility index (Phi) is 5.18. The van der Waals surface area contributed by atoms with Crippen LogP contribution in [0.25, 0.3) is 0 Å². The van der Waals surface area contributed by atoms with Crippen molar-refractivity contribution in [2.24, 2.45) is 4.99 Å². The third kappa shape index (κ3) is 3.53. The van der Waals surface area contributed by atoms with Crippen molar-refractivity contribution in [3.63, 3.8) is 0 Å². The minimum atomic E-state index is 0.153. The molecule has 0 aliphatic carbocycles. The lowest BCUT2D eigenvalue weighted by Gasteiger charge is -2.12. The molecular weight excluding hydrogens is 285 g/mol. The summed E-state index contributed by atoms with van der Waals surface area (Å²) in [6.45, 7) is 0. The van der Waals surface area contributed by atoms with Crippen LogP contribution in [0.4, 0.5) is 0 Å². The van der Waals surface area contributed by atoms with Crippen LogP contribution in [0, 0.1) is 0 Å². The second kappa shape index (κ2) is 7.09. The first-order chi connectivity index (χ1) is 10.2. The Balaban J connectivity index is 2.44. The molecule has 0 aromatic heterocycles. The third-order valence-electron chi connectivity index (χ3n) is 3.00. The molecule has 2 aromatic carbocycles.